The lowest BCUT2D eigenvalue weighted by Gasteiger charge is -2.19. The molecule has 0 spiro atoms. The van der Waals surface area contributed by atoms with Gasteiger partial charge in [-0.15, -0.1) is 0 Å². The molecule has 0 radical (unpaired) electrons. The number of nitrogens with two attached hydrogens (primary N) is 1. The second kappa shape index (κ2) is 7.03. The van der Waals surface area contributed by atoms with E-state index in [-0.39, 0.29) is 1.43 Å². The first-order valence-corrected chi connectivity index (χ1v) is 4.21. The van der Waals surface area contributed by atoms with E-state index in [2.05, 4.69) is 0 Å². The molecule has 64 valence electrons. The van der Waals surface area contributed by atoms with Gasteiger partial charge >= 0.3 is 0 Å². The fourth-order valence-electron chi connectivity index (χ4n) is 0.982. The van der Waals surface area contributed by atoms with E-state index in [9.17, 15) is 0 Å². The highest BCUT2D eigenvalue weighted by Crippen LogP contribution is 2.11. The molecular weight excluding hydrogens is 126 g/mol. The summed E-state index contributed by atoms with van der Waals surface area (Å²) < 4.78 is 5.15. The zero-order valence-electron chi connectivity index (χ0n) is 7.10. The molecule has 0 aliphatic carbocycles. The first-order valence-electron chi connectivity index (χ1n) is 4.21. The summed E-state index contributed by atoms with van der Waals surface area (Å²) in [5, 5.41) is 0. The Morgan fingerprint density at radius 1 is 1.40 bits per heavy atom. The molecule has 1 aliphatic rings. The van der Waals surface area contributed by atoms with Gasteiger partial charge in [-0.3, -0.25) is 0 Å². The molecule has 0 aromatic rings. The lowest BCUT2D eigenvalue weighted by molar-refractivity contribution is 0.0688. The van der Waals surface area contributed by atoms with Crippen molar-refractivity contribution in [2.24, 2.45) is 11.7 Å². The Morgan fingerprint density at radius 2 is 1.90 bits per heavy atom. The highest BCUT2D eigenvalue weighted by molar-refractivity contribution is 4.62. The van der Waals surface area contributed by atoms with E-state index in [0.717, 1.165) is 38.5 Å². The Balaban J connectivity index is 0. The van der Waals surface area contributed by atoms with Crippen LogP contribution in [0.1, 0.15) is 28.1 Å². The van der Waals surface area contributed by atoms with Gasteiger partial charge < -0.3 is 10.5 Å². The first-order chi connectivity index (χ1) is 4.93. The highest BCUT2D eigenvalue weighted by atomic mass is 16.5. The van der Waals surface area contributed by atoms with Crippen molar-refractivity contribution >= 4 is 0 Å². The Morgan fingerprint density at radius 3 is 2.20 bits per heavy atom. The molecule has 2 nitrogen and oxygen atoms in total. The maximum absolute atomic E-state index is 5.45. The van der Waals surface area contributed by atoms with Gasteiger partial charge in [0.25, 0.3) is 0 Å². The first kappa shape index (κ1) is 9.92. The molecule has 2 N–H and O–H groups in total. The monoisotopic (exact) mass is 147 g/mol. The number of hydrogen-bond acceptors (Lipinski definition) is 2. The predicted molar refractivity (Wildman–Crippen MR) is 46.1 cm³/mol. The summed E-state index contributed by atoms with van der Waals surface area (Å²) in [6.07, 6.45) is 2.33. The summed E-state index contributed by atoms with van der Waals surface area (Å²) in [7, 11) is 0. The Labute approximate surface area is 65.2 Å². The van der Waals surface area contributed by atoms with E-state index in [4.69, 9.17) is 10.5 Å². The van der Waals surface area contributed by atoms with Crippen molar-refractivity contribution in [1.29, 1.82) is 0 Å². The van der Waals surface area contributed by atoms with Crippen LogP contribution < -0.4 is 5.73 Å². The van der Waals surface area contributed by atoms with Gasteiger partial charge in [0.2, 0.25) is 0 Å². The third kappa shape index (κ3) is 3.85. The summed E-state index contributed by atoms with van der Waals surface area (Å²) >= 11 is 0. The highest BCUT2D eigenvalue weighted by Gasteiger charge is 2.10. The Kier molecular flexibility index (Phi) is 6.98. The molecule has 1 rings (SSSR count). The van der Waals surface area contributed by atoms with Gasteiger partial charge in [-0.2, -0.15) is 0 Å². The van der Waals surface area contributed by atoms with Crippen molar-refractivity contribution in [3.8, 4) is 0 Å². The van der Waals surface area contributed by atoms with E-state index >= 15 is 0 Å². The van der Waals surface area contributed by atoms with Crippen LogP contribution in [0.25, 0.3) is 0 Å². The molecule has 0 aromatic carbocycles. The molecule has 0 bridgehead atoms. The maximum atomic E-state index is 5.45. The number of ether oxygens (including phenoxy) is 1. The Hall–Kier alpha value is -0.0800. The SMILES string of the molecule is CC.NCC1CCOCC1.[HH]. The van der Waals surface area contributed by atoms with Crippen LogP contribution in [0.2, 0.25) is 0 Å². The minimum Gasteiger partial charge on any atom is -0.381 e. The summed E-state index contributed by atoms with van der Waals surface area (Å²) in [5.41, 5.74) is 5.45. The standard InChI is InChI=1S/C6H13NO.C2H6.H2/c7-5-6-1-3-8-4-2-6;1-2;/h6H,1-5,7H2;1-2H3;1H. The molecule has 1 fully saturated rings. The molecule has 0 saturated carbocycles. The molecular formula is C8H21NO. The summed E-state index contributed by atoms with van der Waals surface area (Å²) in [6.45, 7) is 6.67. The van der Waals surface area contributed by atoms with Crippen LogP contribution in [0, 0.1) is 5.92 Å². The van der Waals surface area contributed by atoms with E-state index in [1.165, 1.54) is 0 Å². The van der Waals surface area contributed by atoms with E-state index in [1.54, 1.807) is 0 Å². The second-order valence-electron chi connectivity index (χ2n) is 2.29. The van der Waals surface area contributed by atoms with Crippen LogP contribution in [-0.2, 0) is 4.74 Å². The number of rotatable bonds is 1. The van der Waals surface area contributed by atoms with E-state index in [1.807, 2.05) is 13.8 Å². The fraction of sp³-hybridized carbons (Fsp3) is 1.00. The largest absolute Gasteiger partial charge is 0.381 e. The molecule has 2 heteroatoms. The molecule has 1 aliphatic heterocycles. The van der Waals surface area contributed by atoms with Crippen molar-refractivity contribution in [2.45, 2.75) is 26.7 Å². The molecule has 0 aromatic heterocycles. The maximum Gasteiger partial charge on any atom is 0.0469 e. The van der Waals surface area contributed by atoms with Gasteiger partial charge in [-0.25, -0.2) is 0 Å². The molecule has 0 unspecified atom stereocenters. The lowest BCUT2D eigenvalue weighted by atomic mass is 10.0. The van der Waals surface area contributed by atoms with Gasteiger partial charge in [-0.1, -0.05) is 13.8 Å². The topological polar surface area (TPSA) is 35.2 Å². The summed E-state index contributed by atoms with van der Waals surface area (Å²) in [6, 6.07) is 0. The summed E-state index contributed by atoms with van der Waals surface area (Å²) in [5.74, 6) is 0.740. The molecule has 1 heterocycles. The molecule has 1 saturated heterocycles. The van der Waals surface area contributed by atoms with Crippen molar-refractivity contribution in [3.63, 3.8) is 0 Å². The smallest absolute Gasteiger partial charge is 0.0469 e. The lowest BCUT2D eigenvalue weighted by Crippen LogP contribution is -2.22. The van der Waals surface area contributed by atoms with Crippen LogP contribution in [0.5, 0.6) is 0 Å². The zero-order chi connectivity index (χ0) is 7.82. The average molecular weight is 147 g/mol. The van der Waals surface area contributed by atoms with Gasteiger partial charge in [0.05, 0.1) is 0 Å². The van der Waals surface area contributed by atoms with Crippen molar-refractivity contribution in [3.05, 3.63) is 0 Å². The van der Waals surface area contributed by atoms with Crippen LogP contribution in [-0.4, -0.2) is 19.8 Å². The second-order valence-corrected chi connectivity index (χ2v) is 2.29. The fourth-order valence-corrected chi connectivity index (χ4v) is 0.982. The van der Waals surface area contributed by atoms with Crippen LogP contribution in [0.3, 0.4) is 0 Å². The minimum atomic E-state index is 0. The molecule has 10 heavy (non-hydrogen) atoms. The van der Waals surface area contributed by atoms with Crippen molar-refractivity contribution < 1.29 is 6.16 Å². The predicted octanol–water partition coefficient (Wildman–Crippen LogP) is 1.64. The normalized spacial score (nSPS) is 19.5. The van der Waals surface area contributed by atoms with Crippen LogP contribution in [0.15, 0.2) is 0 Å². The van der Waals surface area contributed by atoms with Crippen molar-refractivity contribution in [1.82, 2.24) is 0 Å². The van der Waals surface area contributed by atoms with E-state index in [0.29, 0.717) is 0 Å². The van der Waals surface area contributed by atoms with Gasteiger partial charge in [0, 0.05) is 14.6 Å². The van der Waals surface area contributed by atoms with Crippen molar-refractivity contribution in [2.75, 3.05) is 19.8 Å². The summed E-state index contributed by atoms with van der Waals surface area (Å²) in [4.78, 5) is 0. The average Bonchev–Trinajstić information content (AvgIpc) is 2.10. The third-order valence-corrected chi connectivity index (χ3v) is 1.67. The van der Waals surface area contributed by atoms with Gasteiger partial charge in [0.15, 0.2) is 0 Å². The van der Waals surface area contributed by atoms with Crippen LogP contribution >= 0.6 is 0 Å². The quantitative estimate of drug-likeness (QED) is 0.612. The molecule has 0 amide bonds. The molecule has 0 atom stereocenters. The number of hydrogen-bond donors (Lipinski definition) is 1. The third-order valence-electron chi connectivity index (χ3n) is 1.67. The van der Waals surface area contributed by atoms with Gasteiger partial charge in [-0.05, 0) is 25.3 Å². The van der Waals surface area contributed by atoms with Gasteiger partial charge in [0.1, 0.15) is 0 Å². The zero-order valence-corrected chi connectivity index (χ0v) is 7.10. The van der Waals surface area contributed by atoms with E-state index < -0.39 is 0 Å². The van der Waals surface area contributed by atoms with Crippen LogP contribution in [0.4, 0.5) is 0 Å². The Bertz CT molecular complexity index is 65.1. The minimum absolute atomic E-state index is 0.